The molecule has 0 spiro atoms. The van der Waals surface area contributed by atoms with Crippen molar-refractivity contribution in [3.8, 4) is 0 Å². The molecule has 0 aliphatic carbocycles. The highest BCUT2D eigenvalue weighted by atomic mass is 32.2. The van der Waals surface area contributed by atoms with Crippen LogP contribution in [0.1, 0.15) is 21.5 Å². The molecule has 3 aromatic rings. The first-order chi connectivity index (χ1) is 16.2. The smallest absolute Gasteiger partial charge is 0.343 e. The maximum absolute atomic E-state index is 13.3. The first-order valence-corrected chi connectivity index (χ1v) is 11.6. The Labute approximate surface area is 197 Å². The maximum atomic E-state index is 13.3. The number of ether oxygens (including phenoxy) is 1. The Morgan fingerprint density at radius 1 is 1.00 bits per heavy atom. The molecule has 8 nitrogen and oxygen atoms in total. The number of nitro groups is 1. The summed E-state index contributed by atoms with van der Waals surface area (Å²) >= 11 is 0. The van der Waals surface area contributed by atoms with E-state index >= 15 is 0 Å². The number of benzene rings is 3. The number of nitro benzene ring substituents is 1. The third-order valence-electron chi connectivity index (χ3n) is 4.77. The van der Waals surface area contributed by atoms with E-state index in [4.69, 9.17) is 4.74 Å². The summed E-state index contributed by atoms with van der Waals surface area (Å²) in [5.74, 6) is -0.808. The van der Waals surface area contributed by atoms with Gasteiger partial charge in [-0.25, -0.2) is 13.2 Å². The molecule has 0 saturated heterocycles. The highest BCUT2D eigenvalue weighted by Crippen LogP contribution is 2.24. The molecule has 0 fully saturated rings. The van der Waals surface area contributed by atoms with E-state index in [1.165, 1.54) is 48.7 Å². The molecule has 0 atom stereocenters. The molecule has 0 aliphatic rings. The Hall–Kier alpha value is -4.24. The molecule has 0 aromatic heterocycles. The van der Waals surface area contributed by atoms with Crippen molar-refractivity contribution >= 4 is 27.4 Å². The number of hydrogen-bond donors (Lipinski definition) is 0. The van der Waals surface area contributed by atoms with Crippen LogP contribution in [0.3, 0.4) is 0 Å². The van der Waals surface area contributed by atoms with Gasteiger partial charge in [0, 0.05) is 17.7 Å². The molecule has 0 saturated carbocycles. The summed E-state index contributed by atoms with van der Waals surface area (Å²) in [4.78, 5) is 23.2. The van der Waals surface area contributed by atoms with Gasteiger partial charge in [0.2, 0.25) is 0 Å². The highest BCUT2D eigenvalue weighted by Gasteiger charge is 2.23. The topological polar surface area (TPSA) is 107 Å². The molecule has 0 heterocycles. The Morgan fingerprint density at radius 2 is 1.62 bits per heavy atom. The number of esters is 1. The zero-order valence-electron chi connectivity index (χ0n) is 18.3. The zero-order valence-corrected chi connectivity index (χ0v) is 19.1. The van der Waals surface area contributed by atoms with Crippen LogP contribution in [-0.2, 0) is 14.8 Å². The number of hydrogen-bond acceptors (Lipinski definition) is 6. The van der Waals surface area contributed by atoms with Crippen molar-refractivity contribution in [2.45, 2.75) is 11.8 Å². The van der Waals surface area contributed by atoms with Crippen LogP contribution in [0.4, 0.5) is 5.69 Å². The van der Waals surface area contributed by atoms with Gasteiger partial charge in [-0.3, -0.25) is 14.4 Å². The molecule has 9 heteroatoms. The molecule has 0 bridgehead atoms. The predicted molar refractivity (Wildman–Crippen MR) is 128 cm³/mol. The third kappa shape index (κ3) is 5.76. The average Bonchev–Trinajstić information content (AvgIpc) is 2.84. The van der Waals surface area contributed by atoms with E-state index in [0.717, 1.165) is 9.87 Å². The van der Waals surface area contributed by atoms with E-state index < -0.39 is 20.9 Å². The van der Waals surface area contributed by atoms with Crippen molar-refractivity contribution in [2.75, 3.05) is 6.54 Å². The fraction of sp³-hybridized carbons (Fsp3) is 0.0800. The number of sulfonamides is 1. The molecular formula is C25H22N2O6S. The Kier molecular flexibility index (Phi) is 7.60. The van der Waals surface area contributed by atoms with E-state index in [0.29, 0.717) is 5.56 Å². The van der Waals surface area contributed by atoms with Crippen molar-refractivity contribution in [3.05, 3.63) is 125 Å². The van der Waals surface area contributed by atoms with Crippen molar-refractivity contribution in [1.82, 2.24) is 4.31 Å². The van der Waals surface area contributed by atoms with Crippen molar-refractivity contribution in [2.24, 2.45) is 0 Å². The Bertz CT molecular complexity index is 1320. The lowest BCUT2D eigenvalue weighted by molar-refractivity contribution is -0.384. The molecule has 0 N–H and O–H groups in total. The standard InChI is InChI=1S/C25H22N2O6S/c1-3-17-26(34(31,32)23-15-9-19(2)10-16-23)18-24(20-7-5-4-6-8-20)33-25(28)21-11-13-22(14-12-21)27(29)30/h3-16,18H,1,17H2,2H3/b24-18-. The van der Waals surface area contributed by atoms with E-state index in [1.54, 1.807) is 42.5 Å². The van der Waals surface area contributed by atoms with Gasteiger partial charge in [-0.05, 0) is 31.2 Å². The summed E-state index contributed by atoms with van der Waals surface area (Å²) in [7, 11) is -3.98. The Morgan fingerprint density at radius 3 is 2.18 bits per heavy atom. The second kappa shape index (κ2) is 10.6. The lowest BCUT2D eigenvalue weighted by atomic mass is 10.2. The fourth-order valence-electron chi connectivity index (χ4n) is 2.96. The zero-order chi connectivity index (χ0) is 24.7. The van der Waals surface area contributed by atoms with Crippen LogP contribution in [0.2, 0.25) is 0 Å². The lowest BCUT2D eigenvalue weighted by Gasteiger charge is -2.21. The van der Waals surface area contributed by atoms with Crippen LogP contribution in [0.5, 0.6) is 0 Å². The number of nitrogens with zero attached hydrogens (tertiary/aromatic N) is 2. The van der Waals surface area contributed by atoms with Gasteiger partial charge in [-0.2, -0.15) is 0 Å². The summed E-state index contributed by atoms with van der Waals surface area (Å²) in [5, 5.41) is 10.9. The number of aryl methyl sites for hydroxylation is 1. The summed E-state index contributed by atoms with van der Waals surface area (Å²) in [6, 6.07) is 19.8. The number of rotatable bonds is 9. The van der Waals surface area contributed by atoms with Crippen LogP contribution in [0, 0.1) is 17.0 Å². The quantitative estimate of drug-likeness (QED) is 0.142. The van der Waals surface area contributed by atoms with Crippen LogP contribution < -0.4 is 0 Å². The minimum Gasteiger partial charge on any atom is -0.421 e. The lowest BCUT2D eigenvalue weighted by Crippen LogP contribution is -2.27. The van der Waals surface area contributed by atoms with Crippen LogP contribution >= 0.6 is 0 Å². The molecule has 0 unspecified atom stereocenters. The van der Waals surface area contributed by atoms with Crippen molar-refractivity contribution < 1.29 is 22.9 Å². The van der Waals surface area contributed by atoms with Gasteiger partial charge >= 0.3 is 5.97 Å². The monoisotopic (exact) mass is 478 g/mol. The van der Waals surface area contributed by atoms with Crippen LogP contribution in [0.25, 0.3) is 5.76 Å². The second-order valence-corrected chi connectivity index (χ2v) is 9.12. The molecule has 0 amide bonds. The van der Waals surface area contributed by atoms with Crippen LogP contribution in [0.15, 0.2) is 103 Å². The first-order valence-electron chi connectivity index (χ1n) is 10.2. The van der Waals surface area contributed by atoms with Gasteiger partial charge in [-0.1, -0.05) is 54.1 Å². The SMILES string of the molecule is C=CCN(/C=C(\OC(=O)c1ccc([N+](=O)[O-])cc1)c1ccccc1)S(=O)(=O)c1ccc(C)cc1. The van der Waals surface area contributed by atoms with Crippen LogP contribution in [-0.4, -0.2) is 30.2 Å². The van der Waals surface area contributed by atoms with Gasteiger partial charge in [0.05, 0.1) is 28.1 Å². The Balaban J connectivity index is 2.01. The van der Waals surface area contributed by atoms with Gasteiger partial charge in [-0.15, -0.1) is 6.58 Å². The summed E-state index contributed by atoms with van der Waals surface area (Å²) in [5.41, 5.74) is 1.28. The minimum atomic E-state index is -3.98. The van der Waals surface area contributed by atoms with Gasteiger partial charge in [0.25, 0.3) is 15.7 Å². The third-order valence-corrected chi connectivity index (χ3v) is 6.51. The van der Waals surface area contributed by atoms with Gasteiger partial charge in [0.15, 0.2) is 5.76 Å². The average molecular weight is 479 g/mol. The minimum absolute atomic E-state index is 0.0125. The molecule has 174 valence electrons. The normalized spacial score (nSPS) is 11.5. The summed E-state index contributed by atoms with van der Waals surface area (Å²) in [6.07, 6.45) is 2.65. The number of non-ortho nitro benzene ring substituents is 1. The van der Waals surface area contributed by atoms with Gasteiger partial charge in [0.1, 0.15) is 0 Å². The molecule has 3 rings (SSSR count). The highest BCUT2D eigenvalue weighted by molar-refractivity contribution is 7.89. The maximum Gasteiger partial charge on any atom is 0.343 e. The van der Waals surface area contributed by atoms with Crippen molar-refractivity contribution in [3.63, 3.8) is 0 Å². The molecule has 0 radical (unpaired) electrons. The molecular weight excluding hydrogens is 456 g/mol. The number of carbonyl (C=O) groups excluding carboxylic acids is 1. The first kappa shape index (κ1) is 24.4. The van der Waals surface area contributed by atoms with Crippen molar-refractivity contribution in [1.29, 1.82) is 0 Å². The largest absolute Gasteiger partial charge is 0.421 e. The van der Waals surface area contributed by atoms with E-state index in [1.807, 2.05) is 6.92 Å². The summed E-state index contributed by atoms with van der Waals surface area (Å²) in [6.45, 7) is 5.42. The predicted octanol–water partition coefficient (Wildman–Crippen LogP) is 4.94. The van der Waals surface area contributed by atoms with E-state index in [-0.39, 0.29) is 28.5 Å². The van der Waals surface area contributed by atoms with E-state index in [2.05, 4.69) is 6.58 Å². The summed E-state index contributed by atoms with van der Waals surface area (Å²) < 4.78 is 33.2. The van der Waals surface area contributed by atoms with Gasteiger partial charge < -0.3 is 4.74 Å². The molecule has 3 aromatic carbocycles. The second-order valence-electron chi connectivity index (χ2n) is 7.23. The molecule has 34 heavy (non-hydrogen) atoms. The van der Waals surface area contributed by atoms with E-state index in [9.17, 15) is 23.3 Å². The number of carbonyl (C=O) groups is 1. The molecule has 0 aliphatic heterocycles. The fourth-order valence-corrected chi connectivity index (χ4v) is 4.25.